The molecule has 0 aliphatic heterocycles. The maximum absolute atomic E-state index is 12.2. The van der Waals surface area contributed by atoms with Gasteiger partial charge in [0.05, 0.1) is 11.9 Å². The molecule has 1 heterocycles. The fourth-order valence-electron chi connectivity index (χ4n) is 2.27. The summed E-state index contributed by atoms with van der Waals surface area (Å²) in [6.45, 7) is 4.36. The third-order valence-electron chi connectivity index (χ3n) is 3.73. The van der Waals surface area contributed by atoms with Crippen LogP contribution in [0.4, 0.5) is 11.4 Å². The highest BCUT2D eigenvalue weighted by atomic mass is 16.2. The summed E-state index contributed by atoms with van der Waals surface area (Å²) in [6.07, 6.45) is 3.66. The molecule has 0 aliphatic rings. The number of amides is 1. The summed E-state index contributed by atoms with van der Waals surface area (Å²) in [4.78, 5) is 29.6. The van der Waals surface area contributed by atoms with Crippen LogP contribution in [0.3, 0.4) is 0 Å². The van der Waals surface area contributed by atoms with Gasteiger partial charge < -0.3 is 10.2 Å². The van der Waals surface area contributed by atoms with E-state index >= 15 is 0 Å². The number of hydrogen-bond donors (Lipinski definition) is 1. The Morgan fingerprint density at radius 2 is 1.96 bits per heavy atom. The highest BCUT2D eigenvalue weighted by molar-refractivity contribution is 5.95. The number of hydrogen-bond acceptors (Lipinski definition) is 4. The van der Waals surface area contributed by atoms with Crippen LogP contribution in [0, 0.1) is 0 Å². The number of Topliss-reactive ketones (excluding diaryl/α,β-unsaturated/α-hetero) is 1. The van der Waals surface area contributed by atoms with Gasteiger partial charge >= 0.3 is 0 Å². The lowest BCUT2D eigenvalue weighted by atomic mass is 10.1. The average molecular weight is 325 g/mol. The van der Waals surface area contributed by atoms with E-state index in [4.69, 9.17) is 0 Å². The van der Waals surface area contributed by atoms with Gasteiger partial charge in [0.2, 0.25) is 0 Å². The van der Waals surface area contributed by atoms with Gasteiger partial charge in [0, 0.05) is 24.8 Å². The number of nitrogens with one attached hydrogen (secondary N) is 1. The maximum atomic E-state index is 12.2. The van der Waals surface area contributed by atoms with Crippen LogP contribution in [0.1, 0.15) is 47.5 Å². The summed E-state index contributed by atoms with van der Waals surface area (Å²) in [6, 6.07) is 10.8. The SMILES string of the molecule is CCCCN(C)C(=O)c1ccc(Nc2cccc(C(C)=O)c2)cn1. The minimum atomic E-state index is -0.0754. The van der Waals surface area contributed by atoms with E-state index in [9.17, 15) is 9.59 Å². The van der Waals surface area contributed by atoms with E-state index in [0.717, 1.165) is 30.8 Å². The van der Waals surface area contributed by atoms with E-state index in [0.29, 0.717) is 11.3 Å². The zero-order valence-corrected chi connectivity index (χ0v) is 14.4. The van der Waals surface area contributed by atoms with Gasteiger partial charge in [0.25, 0.3) is 5.91 Å². The highest BCUT2D eigenvalue weighted by Gasteiger charge is 2.12. The molecular weight excluding hydrogens is 302 g/mol. The average Bonchev–Trinajstić information content (AvgIpc) is 2.60. The molecule has 0 aliphatic carbocycles. The number of carbonyl (C=O) groups excluding carboxylic acids is 2. The molecule has 24 heavy (non-hydrogen) atoms. The number of ketones is 1. The van der Waals surface area contributed by atoms with Crippen LogP contribution in [0.25, 0.3) is 0 Å². The lowest BCUT2D eigenvalue weighted by molar-refractivity contribution is 0.0787. The van der Waals surface area contributed by atoms with Crippen LogP contribution in [0.15, 0.2) is 42.6 Å². The molecule has 0 fully saturated rings. The molecular formula is C19H23N3O2. The molecule has 1 aromatic heterocycles. The van der Waals surface area contributed by atoms with Gasteiger partial charge in [-0.3, -0.25) is 9.59 Å². The smallest absolute Gasteiger partial charge is 0.272 e. The first kappa shape index (κ1) is 17.7. The third-order valence-corrected chi connectivity index (χ3v) is 3.73. The number of carbonyl (C=O) groups is 2. The van der Waals surface area contributed by atoms with Crippen molar-refractivity contribution in [3.8, 4) is 0 Å². The summed E-state index contributed by atoms with van der Waals surface area (Å²) in [7, 11) is 1.79. The van der Waals surface area contributed by atoms with Gasteiger partial charge in [-0.15, -0.1) is 0 Å². The van der Waals surface area contributed by atoms with Crippen LogP contribution in [-0.2, 0) is 0 Å². The van der Waals surface area contributed by atoms with Crippen molar-refractivity contribution in [2.45, 2.75) is 26.7 Å². The van der Waals surface area contributed by atoms with Crippen molar-refractivity contribution in [2.75, 3.05) is 18.9 Å². The summed E-state index contributed by atoms with van der Waals surface area (Å²) >= 11 is 0. The Kier molecular flexibility index (Phi) is 6.07. The van der Waals surface area contributed by atoms with Crippen molar-refractivity contribution in [1.29, 1.82) is 0 Å². The molecule has 0 bridgehead atoms. The zero-order chi connectivity index (χ0) is 17.5. The Bertz CT molecular complexity index is 711. The van der Waals surface area contributed by atoms with Crippen molar-refractivity contribution in [3.63, 3.8) is 0 Å². The van der Waals surface area contributed by atoms with Crippen LogP contribution in [-0.4, -0.2) is 35.2 Å². The molecule has 1 aromatic carbocycles. The van der Waals surface area contributed by atoms with Crippen molar-refractivity contribution >= 4 is 23.1 Å². The van der Waals surface area contributed by atoms with E-state index in [1.807, 2.05) is 18.2 Å². The maximum Gasteiger partial charge on any atom is 0.272 e. The molecule has 5 nitrogen and oxygen atoms in total. The van der Waals surface area contributed by atoms with Gasteiger partial charge in [0.15, 0.2) is 5.78 Å². The van der Waals surface area contributed by atoms with Gasteiger partial charge in [-0.05, 0) is 37.6 Å². The summed E-state index contributed by atoms with van der Waals surface area (Å²) < 4.78 is 0. The largest absolute Gasteiger partial charge is 0.354 e. The van der Waals surface area contributed by atoms with Crippen LogP contribution in [0.2, 0.25) is 0 Å². The Labute approximate surface area is 142 Å². The second kappa shape index (κ2) is 8.24. The Hall–Kier alpha value is -2.69. The first-order valence-corrected chi connectivity index (χ1v) is 8.10. The zero-order valence-electron chi connectivity index (χ0n) is 14.4. The number of unbranched alkanes of at least 4 members (excludes halogenated alkanes) is 1. The highest BCUT2D eigenvalue weighted by Crippen LogP contribution is 2.18. The summed E-state index contributed by atoms with van der Waals surface area (Å²) in [5.41, 5.74) is 2.65. The second-order valence-electron chi connectivity index (χ2n) is 5.77. The van der Waals surface area contributed by atoms with Crippen LogP contribution >= 0.6 is 0 Å². The predicted octanol–water partition coefficient (Wildman–Crippen LogP) is 3.90. The molecule has 0 unspecified atom stereocenters. The predicted molar refractivity (Wildman–Crippen MR) is 95.8 cm³/mol. The Balaban J connectivity index is 2.05. The summed E-state index contributed by atoms with van der Waals surface area (Å²) in [5, 5.41) is 3.19. The number of anilines is 2. The second-order valence-corrected chi connectivity index (χ2v) is 5.77. The molecule has 0 atom stereocenters. The normalized spacial score (nSPS) is 10.3. The molecule has 1 amide bonds. The fraction of sp³-hybridized carbons (Fsp3) is 0.316. The minimum Gasteiger partial charge on any atom is -0.354 e. The number of pyridine rings is 1. The number of nitrogens with zero attached hydrogens (tertiary/aromatic N) is 2. The topological polar surface area (TPSA) is 62.3 Å². The molecule has 5 heteroatoms. The van der Waals surface area contributed by atoms with E-state index < -0.39 is 0 Å². The first-order valence-electron chi connectivity index (χ1n) is 8.10. The van der Waals surface area contributed by atoms with Gasteiger partial charge in [-0.25, -0.2) is 4.98 Å². The van der Waals surface area contributed by atoms with Gasteiger partial charge in [-0.2, -0.15) is 0 Å². The number of aromatic nitrogens is 1. The van der Waals surface area contributed by atoms with Gasteiger partial charge in [0.1, 0.15) is 5.69 Å². The van der Waals surface area contributed by atoms with E-state index in [1.165, 1.54) is 6.92 Å². The molecule has 0 radical (unpaired) electrons. The van der Waals surface area contributed by atoms with Crippen molar-refractivity contribution < 1.29 is 9.59 Å². The molecule has 1 N–H and O–H groups in total. The quantitative estimate of drug-likeness (QED) is 0.784. The molecule has 2 aromatic rings. The lowest BCUT2D eigenvalue weighted by Gasteiger charge is -2.16. The van der Waals surface area contributed by atoms with Crippen molar-refractivity contribution in [2.24, 2.45) is 0 Å². The third kappa shape index (κ3) is 4.65. The van der Waals surface area contributed by atoms with E-state index in [1.54, 1.807) is 36.3 Å². The monoisotopic (exact) mass is 325 g/mol. The first-order chi connectivity index (χ1) is 11.5. The van der Waals surface area contributed by atoms with Gasteiger partial charge in [-0.1, -0.05) is 25.5 Å². The Morgan fingerprint density at radius 3 is 2.58 bits per heavy atom. The van der Waals surface area contributed by atoms with Crippen LogP contribution in [0.5, 0.6) is 0 Å². The fourth-order valence-corrected chi connectivity index (χ4v) is 2.27. The minimum absolute atomic E-state index is 0.0211. The molecule has 2 rings (SSSR count). The number of rotatable bonds is 7. The van der Waals surface area contributed by atoms with Crippen LogP contribution < -0.4 is 5.32 Å². The molecule has 0 spiro atoms. The molecule has 0 saturated heterocycles. The van der Waals surface area contributed by atoms with E-state index in [-0.39, 0.29) is 11.7 Å². The van der Waals surface area contributed by atoms with E-state index in [2.05, 4.69) is 17.2 Å². The number of benzene rings is 1. The van der Waals surface area contributed by atoms with Crippen molar-refractivity contribution in [3.05, 3.63) is 53.9 Å². The molecule has 0 saturated carbocycles. The molecule has 126 valence electrons. The Morgan fingerprint density at radius 1 is 1.17 bits per heavy atom. The lowest BCUT2D eigenvalue weighted by Crippen LogP contribution is -2.28. The van der Waals surface area contributed by atoms with Crippen molar-refractivity contribution in [1.82, 2.24) is 9.88 Å². The standard InChI is InChI=1S/C19H23N3O2/c1-4-5-11-22(3)19(24)18-10-9-17(13-20-18)21-16-8-6-7-15(12-16)14(2)23/h6-10,12-13,21H,4-5,11H2,1-3H3. The summed E-state index contributed by atoms with van der Waals surface area (Å²) in [5.74, 6) is -0.0542.